The maximum absolute atomic E-state index is 11.6. The fourth-order valence-corrected chi connectivity index (χ4v) is 1.55. The molecule has 0 bridgehead atoms. The zero-order valence-corrected chi connectivity index (χ0v) is 12.6. The molecule has 5 heteroatoms. The summed E-state index contributed by atoms with van der Waals surface area (Å²) in [5, 5.41) is 14.5. The number of carbonyl (C=O) groups is 2. The van der Waals surface area contributed by atoms with E-state index in [1.165, 1.54) is 0 Å². The molecule has 0 aliphatic carbocycles. The molecule has 0 aromatic rings. The van der Waals surface area contributed by atoms with Crippen LogP contribution in [-0.2, 0) is 9.59 Å². The molecule has 5 nitrogen and oxygen atoms in total. The highest BCUT2D eigenvalue weighted by Crippen LogP contribution is 2.12. The van der Waals surface area contributed by atoms with Gasteiger partial charge in [0, 0.05) is 31.0 Å². The van der Waals surface area contributed by atoms with Crippen molar-refractivity contribution < 1.29 is 14.7 Å². The molecule has 2 amide bonds. The zero-order valence-electron chi connectivity index (χ0n) is 12.6. The highest BCUT2D eigenvalue weighted by Gasteiger charge is 2.20. The summed E-state index contributed by atoms with van der Waals surface area (Å²) >= 11 is 0. The maximum atomic E-state index is 11.6. The predicted octanol–water partition coefficient (Wildman–Crippen LogP) is 1.21. The molecule has 0 aliphatic rings. The molecule has 0 fully saturated rings. The number of nitrogens with one attached hydrogen (secondary N) is 2. The van der Waals surface area contributed by atoms with Gasteiger partial charge in [0.25, 0.3) is 0 Å². The number of hydrogen-bond acceptors (Lipinski definition) is 3. The minimum Gasteiger partial charge on any atom is -0.396 e. The first kappa shape index (κ1) is 17.9. The highest BCUT2D eigenvalue weighted by atomic mass is 16.3. The van der Waals surface area contributed by atoms with Gasteiger partial charge >= 0.3 is 0 Å². The summed E-state index contributed by atoms with van der Waals surface area (Å²) in [6.45, 7) is 8.15. The largest absolute Gasteiger partial charge is 0.396 e. The van der Waals surface area contributed by atoms with Gasteiger partial charge in [0.15, 0.2) is 0 Å². The Morgan fingerprint density at radius 3 is 2.37 bits per heavy atom. The lowest BCUT2D eigenvalue weighted by Crippen LogP contribution is -2.37. The smallest absolute Gasteiger partial charge is 0.225 e. The SMILES string of the molecule is CCC(CCO)NC(=O)CCCNC(=O)C(C)(C)C. The third-order valence-electron chi connectivity index (χ3n) is 2.88. The summed E-state index contributed by atoms with van der Waals surface area (Å²) in [7, 11) is 0. The van der Waals surface area contributed by atoms with E-state index in [1.54, 1.807) is 0 Å². The molecule has 0 aromatic carbocycles. The quantitative estimate of drug-likeness (QED) is 0.581. The third kappa shape index (κ3) is 8.59. The normalized spacial score (nSPS) is 12.9. The number of rotatable bonds is 8. The molecule has 0 spiro atoms. The molecule has 0 saturated carbocycles. The van der Waals surface area contributed by atoms with Crippen LogP contribution in [0, 0.1) is 5.41 Å². The van der Waals surface area contributed by atoms with Crippen molar-refractivity contribution in [2.75, 3.05) is 13.2 Å². The molecule has 0 aromatic heterocycles. The predicted molar refractivity (Wildman–Crippen MR) is 75.6 cm³/mol. The van der Waals surface area contributed by atoms with Gasteiger partial charge in [-0.3, -0.25) is 9.59 Å². The topological polar surface area (TPSA) is 78.4 Å². The molecule has 112 valence electrons. The number of aliphatic hydroxyl groups excluding tert-OH is 1. The molecule has 0 aliphatic heterocycles. The molecule has 19 heavy (non-hydrogen) atoms. The summed E-state index contributed by atoms with van der Waals surface area (Å²) in [4.78, 5) is 23.2. The Morgan fingerprint density at radius 2 is 1.89 bits per heavy atom. The fourth-order valence-electron chi connectivity index (χ4n) is 1.55. The zero-order chi connectivity index (χ0) is 14.9. The Morgan fingerprint density at radius 1 is 1.26 bits per heavy atom. The molecule has 0 heterocycles. The summed E-state index contributed by atoms with van der Waals surface area (Å²) in [5.41, 5.74) is -0.392. The van der Waals surface area contributed by atoms with E-state index >= 15 is 0 Å². The second kappa shape index (κ2) is 8.91. The van der Waals surface area contributed by atoms with Crippen LogP contribution in [0.3, 0.4) is 0 Å². The average molecular weight is 272 g/mol. The van der Waals surface area contributed by atoms with Gasteiger partial charge in [-0.1, -0.05) is 27.7 Å². The van der Waals surface area contributed by atoms with Crippen LogP contribution in [-0.4, -0.2) is 36.1 Å². The molecular formula is C14H28N2O3. The van der Waals surface area contributed by atoms with Gasteiger partial charge in [0.1, 0.15) is 0 Å². The summed E-state index contributed by atoms with van der Waals surface area (Å²) < 4.78 is 0. The van der Waals surface area contributed by atoms with Crippen molar-refractivity contribution in [2.45, 2.75) is 59.4 Å². The van der Waals surface area contributed by atoms with Gasteiger partial charge in [0.2, 0.25) is 11.8 Å². The van der Waals surface area contributed by atoms with Crippen LogP contribution >= 0.6 is 0 Å². The van der Waals surface area contributed by atoms with Gasteiger partial charge in [-0.2, -0.15) is 0 Å². The Kier molecular flexibility index (Phi) is 8.39. The van der Waals surface area contributed by atoms with Gasteiger partial charge < -0.3 is 15.7 Å². The first-order valence-corrected chi connectivity index (χ1v) is 6.99. The monoisotopic (exact) mass is 272 g/mol. The van der Waals surface area contributed by atoms with Crippen LogP contribution in [0.15, 0.2) is 0 Å². The van der Waals surface area contributed by atoms with E-state index in [1.807, 2.05) is 27.7 Å². The molecular weight excluding hydrogens is 244 g/mol. The van der Waals surface area contributed by atoms with Gasteiger partial charge in [-0.25, -0.2) is 0 Å². The van der Waals surface area contributed by atoms with Crippen LogP contribution in [0.5, 0.6) is 0 Å². The molecule has 0 saturated heterocycles. The minimum absolute atomic E-state index is 0.000349. The van der Waals surface area contributed by atoms with E-state index in [-0.39, 0.29) is 24.5 Å². The van der Waals surface area contributed by atoms with Crippen molar-refractivity contribution in [1.29, 1.82) is 0 Å². The van der Waals surface area contributed by atoms with E-state index < -0.39 is 5.41 Å². The van der Waals surface area contributed by atoms with Crippen molar-refractivity contribution in [2.24, 2.45) is 5.41 Å². The van der Waals surface area contributed by atoms with Crippen LogP contribution in [0.1, 0.15) is 53.4 Å². The first-order valence-electron chi connectivity index (χ1n) is 6.99. The number of amides is 2. The Labute approximate surface area is 116 Å². The van der Waals surface area contributed by atoms with Crippen LogP contribution in [0.2, 0.25) is 0 Å². The van der Waals surface area contributed by atoms with E-state index in [0.29, 0.717) is 25.8 Å². The van der Waals surface area contributed by atoms with E-state index in [9.17, 15) is 9.59 Å². The molecule has 1 unspecified atom stereocenters. The second-order valence-corrected chi connectivity index (χ2v) is 5.79. The standard InChI is InChI=1S/C14H28N2O3/c1-5-11(8-10-17)16-12(18)7-6-9-15-13(19)14(2,3)4/h11,17H,5-10H2,1-4H3,(H,15,19)(H,16,18). The summed E-state index contributed by atoms with van der Waals surface area (Å²) in [6, 6.07) is 0.0432. The van der Waals surface area contributed by atoms with Crippen LogP contribution in [0.4, 0.5) is 0 Å². The lowest BCUT2D eigenvalue weighted by atomic mass is 9.96. The molecule has 1 atom stereocenters. The number of hydrogen-bond donors (Lipinski definition) is 3. The molecule has 0 rings (SSSR count). The van der Waals surface area contributed by atoms with Crippen LogP contribution < -0.4 is 10.6 Å². The van der Waals surface area contributed by atoms with Crippen molar-refractivity contribution in [3.8, 4) is 0 Å². The Balaban J connectivity index is 3.78. The highest BCUT2D eigenvalue weighted by molar-refractivity contribution is 5.81. The fraction of sp³-hybridized carbons (Fsp3) is 0.857. The van der Waals surface area contributed by atoms with Gasteiger partial charge in [-0.05, 0) is 19.3 Å². The minimum atomic E-state index is -0.392. The van der Waals surface area contributed by atoms with E-state index in [2.05, 4.69) is 10.6 Å². The lowest BCUT2D eigenvalue weighted by Gasteiger charge is -2.18. The van der Waals surface area contributed by atoms with Crippen molar-refractivity contribution >= 4 is 11.8 Å². The summed E-state index contributed by atoms with van der Waals surface area (Å²) in [5.74, 6) is -0.0232. The van der Waals surface area contributed by atoms with E-state index in [4.69, 9.17) is 5.11 Å². The van der Waals surface area contributed by atoms with Gasteiger partial charge in [-0.15, -0.1) is 0 Å². The lowest BCUT2D eigenvalue weighted by molar-refractivity contribution is -0.128. The third-order valence-corrected chi connectivity index (χ3v) is 2.88. The molecule has 0 radical (unpaired) electrons. The Hall–Kier alpha value is -1.10. The van der Waals surface area contributed by atoms with E-state index in [0.717, 1.165) is 6.42 Å². The Bertz CT molecular complexity index is 285. The van der Waals surface area contributed by atoms with Gasteiger partial charge in [0.05, 0.1) is 0 Å². The second-order valence-electron chi connectivity index (χ2n) is 5.79. The number of carbonyl (C=O) groups excluding carboxylic acids is 2. The van der Waals surface area contributed by atoms with Crippen molar-refractivity contribution in [1.82, 2.24) is 10.6 Å². The first-order chi connectivity index (χ1) is 8.81. The average Bonchev–Trinajstić information content (AvgIpc) is 2.32. The molecule has 3 N–H and O–H groups in total. The van der Waals surface area contributed by atoms with Crippen molar-refractivity contribution in [3.63, 3.8) is 0 Å². The van der Waals surface area contributed by atoms with Crippen LogP contribution in [0.25, 0.3) is 0 Å². The van der Waals surface area contributed by atoms with Crippen molar-refractivity contribution in [3.05, 3.63) is 0 Å². The maximum Gasteiger partial charge on any atom is 0.225 e. The summed E-state index contributed by atoms with van der Waals surface area (Å²) in [6.07, 6.45) is 2.42. The number of aliphatic hydroxyl groups is 1.